The van der Waals surface area contributed by atoms with Crippen molar-refractivity contribution in [1.29, 1.82) is 0 Å². The Labute approximate surface area is 122 Å². The van der Waals surface area contributed by atoms with E-state index in [4.69, 9.17) is 9.84 Å². The minimum absolute atomic E-state index is 0.172. The summed E-state index contributed by atoms with van der Waals surface area (Å²) in [5, 5.41) is 11.7. The standard InChI is InChI=1S/C14H19N3O4/c1-21-12-8-10(2-5-15-12)9-16-14(20)17-6-3-11(4-7-17)13(18)19/h2,5,8,11H,3-4,6-7,9H2,1H3,(H,16,20)(H,18,19). The number of amides is 2. The number of pyridine rings is 1. The van der Waals surface area contributed by atoms with Crippen molar-refractivity contribution < 1.29 is 19.4 Å². The largest absolute Gasteiger partial charge is 0.481 e. The Bertz CT molecular complexity index is 513. The lowest BCUT2D eigenvalue weighted by Gasteiger charge is -2.30. The zero-order valence-corrected chi connectivity index (χ0v) is 11.9. The van der Waals surface area contributed by atoms with E-state index in [1.165, 1.54) is 7.11 Å². The molecule has 21 heavy (non-hydrogen) atoms. The van der Waals surface area contributed by atoms with Gasteiger partial charge >= 0.3 is 12.0 Å². The van der Waals surface area contributed by atoms with Crippen LogP contribution in [0.2, 0.25) is 0 Å². The molecule has 0 aliphatic carbocycles. The summed E-state index contributed by atoms with van der Waals surface area (Å²) in [5.74, 6) is -0.610. The van der Waals surface area contributed by atoms with E-state index >= 15 is 0 Å². The van der Waals surface area contributed by atoms with E-state index in [-0.39, 0.29) is 11.9 Å². The van der Waals surface area contributed by atoms with Gasteiger partial charge in [-0.25, -0.2) is 9.78 Å². The van der Waals surface area contributed by atoms with Gasteiger partial charge in [-0.2, -0.15) is 0 Å². The SMILES string of the molecule is COc1cc(CNC(=O)N2CCC(C(=O)O)CC2)ccn1. The highest BCUT2D eigenvalue weighted by atomic mass is 16.5. The number of ether oxygens (including phenoxy) is 1. The molecule has 7 heteroatoms. The molecule has 1 aromatic heterocycles. The summed E-state index contributed by atoms with van der Waals surface area (Å²) in [6, 6.07) is 3.39. The van der Waals surface area contributed by atoms with E-state index in [0.717, 1.165) is 5.56 Å². The molecule has 2 amide bonds. The van der Waals surface area contributed by atoms with E-state index in [1.54, 1.807) is 23.2 Å². The summed E-state index contributed by atoms with van der Waals surface area (Å²) in [4.78, 5) is 28.5. The highest BCUT2D eigenvalue weighted by molar-refractivity contribution is 5.75. The van der Waals surface area contributed by atoms with Crippen LogP contribution in [0.4, 0.5) is 4.79 Å². The molecular weight excluding hydrogens is 274 g/mol. The Morgan fingerprint density at radius 1 is 1.48 bits per heavy atom. The average molecular weight is 293 g/mol. The van der Waals surface area contributed by atoms with Crippen LogP contribution >= 0.6 is 0 Å². The molecule has 0 bridgehead atoms. The summed E-state index contributed by atoms with van der Waals surface area (Å²) >= 11 is 0. The van der Waals surface area contributed by atoms with Crippen molar-refractivity contribution in [2.24, 2.45) is 5.92 Å². The molecule has 1 aliphatic rings. The Hall–Kier alpha value is -2.31. The van der Waals surface area contributed by atoms with Gasteiger partial charge in [-0.1, -0.05) is 0 Å². The number of urea groups is 1. The first-order chi connectivity index (χ1) is 10.1. The van der Waals surface area contributed by atoms with E-state index in [2.05, 4.69) is 10.3 Å². The third-order valence-corrected chi connectivity index (χ3v) is 3.58. The predicted molar refractivity (Wildman–Crippen MR) is 75.0 cm³/mol. The number of nitrogens with zero attached hydrogens (tertiary/aromatic N) is 2. The van der Waals surface area contributed by atoms with Crippen LogP contribution in [0.15, 0.2) is 18.3 Å². The molecule has 2 rings (SSSR count). The van der Waals surface area contributed by atoms with Gasteiger partial charge in [0.1, 0.15) is 0 Å². The van der Waals surface area contributed by atoms with Gasteiger partial charge in [0.05, 0.1) is 13.0 Å². The second-order valence-corrected chi connectivity index (χ2v) is 4.96. The van der Waals surface area contributed by atoms with E-state index in [1.807, 2.05) is 0 Å². The molecular formula is C14H19N3O4. The number of aromatic nitrogens is 1. The molecule has 0 aromatic carbocycles. The average Bonchev–Trinajstić information content (AvgIpc) is 2.53. The van der Waals surface area contributed by atoms with Gasteiger partial charge in [-0.05, 0) is 24.5 Å². The van der Waals surface area contributed by atoms with Crippen molar-refractivity contribution in [3.63, 3.8) is 0 Å². The predicted octanol–water partition coefficient (Wildman–Crippen LogP) is 1.10. The monoisotopic (exact) mass is 293 g/mol. The van der Waals surface area contributed by atoms with Crippen molar-refractivity contribution in [2.45, 2.75) is 19.4 Å². The number of likely N-dealkylation sites (tertiary alicyclic amines) is 1. The summed E-state index contributed by atoms with van der Waals surface area (Å²) in [5.41, 5.74) is 0.899. The molecule has 114 valence electrons. The number of hydrogen-bond acceptors (Lipinski definition) is 4. The normalized spacial score (nSPS) is 15.6. The fourth-order valence-corrected chi connectivity index (χ4v) is 2.29. The molecule has 7 nitrogen and oxygen atoms in total. The van der Waals surface area contributed by atoms with Crippen LogP contribution in [0.3, 0.4) is 0 Å². The first kappa shape index (κ1) is 15.1. The number of carboxylic acids is 1. The van der Waals surface area contributed by atoms with Gasteiger partial charge in [0.2, 0.25) is 5.88 Å². The summed E-state index contributed by atoms with van der Waals surface area (Å²) in [6.07, 6.45) is 2.64. The first-order valence-electron chi connectivity index (χ1n) is 6.84. The van der Waals surface area contributed by atoms with Gasteiger partial charge in [0.25, 0.3) is 0 Å². The fraction of sp³-hybridized carbons (Fsp3) is 0.500. The van der Waals surface area contributed by atoms with Gasteiger partial charge in [-0.3, -0.25) is 4.79 Å². The number of rotatable bonds is 4. The minimum Gasteiger partial charge on any atom is -0.481 e. The lowest BCUT2D eigenvalue weighted by molar-refractivity contribution is -0.143. The van der Waals surface area contributed by atoms with Crippen LogP contribution in [0.1, 0.15) is 18.4 Å². The molecule has 0 radical (unpaired) electrons. The van der Waals surface area contributed by atoms with Crippen molar-refractivity contribution >= 4 is 12.0 Å². The maximum Gasteiger partial charge on any atom is 0.317 e. The van der Waals surface area contributed by atoms with E-state index in [9.17, 15) is 9.59 Å². The van der Waals surface area contributed by atoms with Crippen LogP contribution in [0.25, 0.3) is 0 Å². The number of piperidine rings is 1. The number of carbonyl (C=O) groups excluding carboxylic acids is 1. The quantitative estimate of drug-likeness (QED) is 0.867. The third-order valence-electron chi connectivity index (χ3n) is 3.58. The fourth-order valence-electron chi connectivity index (χ4n) is 2.29. The third kappa shape index (κ3) is 4.08. The molecule has 0 saturated carbocycles. The van der Waals surface area contributed by atoms with Crippen molar-refractivity contribution in [3.8, 4) is 5.88 Å². The molecule has 0 unspecified atom stereocenters. The second kappa shape index (κ2) is 6.92. The second-order valence-electron chi connectivity index (χ2n) is 4.96. The van der Waals surface area contributed by atoms with E-state index < -0.39 is 5.97 Å². The smallest absolute Gasteiger partial charge is 0.317 e. The summed E-state index contributed by atoms with van der Waals surface area (Å²) in [7, 11) is 1.54. The van der Waals surface area contributed by atoms with Gasteiger partial charge < -0.3 is 20.1 Å². The van der Waals surface area contributed by atoms with Crippen LogP contribution in [0.5, 0.6) is 5.88 Å². The topological polar surface area (TPSA) is 91.8 Å². The van der Waals surface area contributed by atoms with E-state index in [0.29, 0.717) is 38.4 Å². The Morgan fingerprint density at radius 2 is 2.19 bits per heavy atom. The Balaban J connectivity index is 1.81. The molecule has 1 aliphatic heterocycles. The van der Waals surface area contributed by atoms with Crippen molar-refractivity contribution in [3.05, 3.63) is 23.9 Å². The summed E-state index contributed by atoms with van der Waals surface area (Å²) < 4.78 is 5.02. The van der Waals surface area contributed by atoms with Crippen LogP contribution in [-0.4, -0.2) is 47.2 Å². The Morgan fingerprint density at radius 3 is 2.81 bits per heavy atom. The molecule has 1 saturated heterocycles. The highest BCUT2D eigenvalue weighted by Crippen LogP contribution is 2.17. The number of carbonyl (C=O) groups is 2. The van der Waals surface area contributed by atoms with Crippen LogP contribution < -0.4 is 10.1 Å². The maximum absolute atomic E-state index is 12.0. The Kier molecular flexibility index (Phi) is 4.97. The van der Waals surface area contributed by atoms with Crippen LogP contribution in [-0.2, 0) is 11.3 Å². The number of aliphatic carboxylic acids is 1. The highest BCUT2D eigenvalue weighted by Gasteiger charge is 2.26. The number of hydrogen-bond donors (Lipinski definition) is 2. The molecule has 1 aromatic rings. The minimum atomic E-state index is -0.779. The molecule has 2 heterocycles. The number of methoxy groups -OCH3 is 1. The lowest BCUT2D eigenvalue weighted by atomic mass is 9.97. The maximum atomic E-state index is 12.0. The lowest BCUT2D eigenvalue weighted by Crippen LogP contribution is -2.45. The van der Waals surface area contributed by atoms with Gasteiger partial charge in [-0.15, -0.1) is 0 Å². The first-order valence-corrected chi connectivity index (χ1v) is 6.84. The number of carboxylic acid groups (broad SMARTS) is 1. The zero-order chi connectivity index (χ0) is 15.2. The van der Waals surface area contributed by atoms with Crippen molar-refractivity contribution in [1.82, 2.24) is 15.2 Å². The van der Waals surface area contributed by atoms with Crippen LogP contribution in [0, 0.1) is 5.92 Å². The van der Waals surface area contributed by atoms with Gasteiger partial charge in [0, 0.05) is 31.9 Å². The molecule has 1 fully saturated rings. The molecule has 0 spiro atoms. The molecule has 0 atom stereocenters. The molecule has 2 N–H and O–H groups in total. The zero-order valence-electron chi connectivity index (χ0n) is 11.9. The number of nitrogens with one attached hydrogen (secondary N) is 1. The summed E-state index contributed by atoms with van der Waals surface area (Å²) in [6.45, 7) is 1.33. The van der Waals surface area contributed by atoms with Crippen molar-refractivity contribution in [2.75, 3.05) is 20.2 Å². The van der Waals surface area contributed by atoms with Gasteiger partial charge in [0.15, 0.2) is 0 Å².